The van der Waals surface area contributed by atoms with Crippen molar-refractivity contribution < 1.29 is 8.83 Å². The molecule has 0 radical (unpaired) electrons. The minimum absolute atomic E-state index is 0.657. The van der Waals surface area contributed by atoms with Gasteiger partial charge in [0.2, 0.25) is 0 Å². The lowest BCUT2D eigenvalue weighted by Crippen LogP contribution is -2.26. The van der Waals surface area contributed by atoms with Crippen molar-refractivity contribution in [1.82, 2.24) is 0 Å². The molecule has 2 aliphatic carbocycles. The predicted octanol–water partition coefficient (Wildman–Crippen LogP) is 15.6. The van der Waals surface area contributed by atoms with E-state index in [0.29, 0.717) is 0 Å². The van der Waals surface area contributed by atoms with Crippen LogP contribution >= 0.6 is 0 Å². The molecule has 9 aromatic carbocycles. The molecule has 11 aromatic rings. The van der Waals surface area contributed by atoms with Crippen LogP contribution in [0.3, 0.4) is 0 Å². The van der Waals surface area contributed by atoms with E-state index in [0.717, 1.165) is 78.4 Å². The lowest BCUT2D eigenvalue weighted by molar-refractivity contribution is 0.628. The topological polar surface area (TPSA) is 32.8 Å². The standard InChI is InChI=1S/C57H36N2O2/c1-4-17-37(18-5-1)58(38-19-6-2-7-20-38)40-32-34-49-47(35-40)56-54(46-25-12-15-30-53(46)61-56)57(49)48-27-13-10-23-42(48)43-33-31-41(36-50(43)57)59(39-21-8-3-9-22-39)51-28-16-26-45-44-24-11-14-29-52(44)60-55(45)51/h1-36H. The van der Waals surface area contributed by atoms with Crippen LogP contribution in [0.4, 0.5) is 34.1 Å². The number of fused-ring (bicyclic) bond motifs is 15. The van der Waals surface area contributed by atoms with Crippen molar-refractivity contribution in [3.8, 4) is 22.5 Å². The molecule has 1 spiro atoms. The molecule has 4 nitrogen and oxygen atoms in total. The highest BCUT2D eigenvalue weighted by Gasteiger charge is 2.54. The van der Waals surface area contributed by atoms with E-state index in [1.54, 1.807) is 0 Å². The quantitative estimate of drug-likeness (QED) is 0.168. The van der Waals surface area contributed by atoms with E-state index in [1.807, 2.05) is 6.07 Å². The van der Waals surface area contributed by atoms with Crippen molar-refractivity contribution >= 4 is 67.0 Å². The summed E-state index contributed by atoms with van der Waals surface area (Å²) in [5.74, 6) is 0.916. The van der Waals surface area contributed by atoms with Crippen molar-refractivity contribution in [3.63, 3.8) is 0 Å². The summed E-state index contributed by atoms with van der Waals surface area (Å²) in [6.07, 6.45) is 0. The van der Waals surface area contributed by atoms with E-state index < -0.39 is 5.41 Å². The van der Waals surface area contributed by atoms with Crippen molar-refractivity contribution in [2.24, 2.45) is 0 Å². The second-order valence-corrected chi connectivity index (χ2v) is 16.0. The van der Waals surface area contributed by atoms with Crippen LogP contribution in [0.1, 0.15) is 22.3 Å². The Morgan fingerprint density at radius 2 is 0.869 bits per heavy atom. The lowest BCUT2D eigenvalue weighted by atomic mass is 9.70. The average molecular weight is 781 g/mol. The highest BCUT2D eigenvalue weighted by molar-refractivity contribution is 6.10. The number of hydrogen-bond acceptors (Lipinski definition) is 4. The van der Waals surface area contributed by atoms with Crippen molar-refractivity contribution in [2.75, 3.05) is 9.80 Å². The fraction of sp³-hybridized carbons (Fsp3) is 0.0175. The minimum atomic E-state index is -0.657. The second-order valence-electron chi connectivity index (χ2n) is 16.0. The Morgan fingerprint density at radius 3 is 1.61 bits per heavy atom. The molecule has 0 saturated carbocycles. The maximum atomic E-state index is 7.05. The van der Waals surface area contributed by atoms with Gasteiger partial charge in [0.15, 0.2) is 5.58 Å². The van der Waals surface area contributed by atoms with Gasteiger partial charge in [-0.15, -0.1) is 0 Å². The first-order chi connectivity index (χ1) is 30.3. The number of benzene rings is 9. The molecule has 2 heterocycles. The smallest absolute Gasteiger partial charge is 0.159 e. The zero-order valence-electron chi connectivity index (χ0n) is 33.0. The Hall–Kier alpha value is -8.08. The van der Waals surface area contributed by atoms with Gasteiger partial charge < -0.3 is 18.6 Å². The van der Waals surface area contributed by atoms with Gasteiger partial charge in [0.25, 0.3) is 0 Å². The minimum Gasteiger partial charge on any atom is -0.456 e. The molecular weight excluding hydrogens is 745 g/mol. The van der Waals surface area contributed by atoms with Crippen LogP contribution in [-0.4, -0.2) is 0 Å². The SMILES string of the molecule is c1ccc(N(c2ccccc2)c2ccc3c(c2)-c2oc4ccccc4c2C32c3ccccc3-c3ccc(N(c4ccccc4)c4cccc5c4oc4ccccc45)cc32)cc1. The second kappa shape index (κ2) is 13.0. The third-order valence-corrected chi connectivity index (χ3v) is 12.8. The van der Waals surface area contributed by atoms with Gasteiger partial charge in [-0.3, -0.25) is 0 Å². The number of rotatable bonds is 6. The van der Waals surface area contributed by atoms with Gasteiger partial charge in [0.1, 0.15) is 16.9 Å². The molecule has 1 unspecified atom stereocenters. The summed E-state index contributed by atoms with van der Waals surface area (Å²) in [7, 11) is 0. The summed E-state index contributed by atoms with van der Waals surface area (Å²) in [6.45, 7) is 0. The molecule has 4 heteroatoms. The first-order valence-corrected chi connectivity index (χ1v) is 20.8. The summed E-state index contributed by atoms with van der Waals surface area (Å²) in [4.78, 5) is 4.69. The largest absolute Gasteiger partial charge is 0.456 e. The van der Waals surface area contributed by atoms with Gasteiger partial charge in [-0.25, -0.2) is 0 Å². The van der Waals surface area contributed by atoms with Gasteiger partial charge in [-0.05, 0) is 107 Å². The normalized spacial score (nSPS) is 14.6. The Kier molecular flexibility index (Phi) is 7.19. The van der Waals surface area contributed by atoms with E-state index in [1.165, 1.54) is 33.4 Å². The van der Waals surface area contributed by atoms with E-state index in [2.05, 4.69) is 222 Å². The van der Waals surface area contributed by atoms with Crippen LogP contribution in [0.2, 0.25) is 0 Å². The molecule has 2 aromatic heterocycles. The lowest BCUT2D eigenvalue weighted by Gasteiger charge is -2.32. The maximum absolute atomic E-state index is 7.05. The Labute approximate surface area is 352 Å². The van der Waals surface area contributed by atoms with Crippen LogP contribution in [0.5, 0.6) is 0 Å². The molecule has 13 rings (SSSR count). The molecule has 61 heavy (non-hydrogen) atoms. The fourth-order valence-corrected chi connectivity index (χ4v) is 10.4. The van der Waals surface area contributed by atoms with Crippen molar-refractivity contribution in [3.05, 3.63) is 241 Å². The van der Waals surface area contributed by atoms with Crippen molar-refractivity contribution in [2.45, 2.75) is 5.41 Å². The summed E-state index contributed by atoms with van der Waals surface area (Å²) in [5, 5.41) is 3.32. The van der Waals surface area contributed by atoms with E-state index >= 15 is 0 Å². The van der Waals surface area contributed by atoms with Gasteiger partial charge in [-0.1, -0.05) is 140 Å². The van der Waals surface area contributed by atoms with E-state index in [4.69, 9.17) is 8.83 Å². The third-order valence-electron chi connectivity index (χ3n) is 12.8. The number of para-hydroxylation sites is 6. The molecule has 2 aliphatic rings. The fourth-order valence-electron chi connectivity index (χ4n) is 10.4. The average Bonchev–Trinajstić information content (AvgIpc) is 4.05. The van der Waals surface area contributed by atoms with Gasteiger partial charge >= 0.3 is 0 Å². The molecule has 0 saturated heterocycles. The van der Waals surface area contributed by atoms with Gasteiger partial charge in [0.05, 0.1) is 11.1 Å². The van der Waals surface area contributed by atoms with Gasteiger partial charge in [-0.2, -0.15) is 0 Å². The first kappa shape index (κ1) is 33.8. The predicted molar refractivity (Wildman–Crippen MR) is 249 cm³/mol. The molecule has 0 aliphatic heterocycles. The zero-order valence-corrected chi connectivity index (χ0v) is 33.0. The number of furan rings is 2. The van der Waals surface area contributed by atoms with Crippen molar-refractivity contribution in [1.29, 1.82) is 0 Å². The van der Waals surface area contributed by atoms with E-state index in [9.17, 15) is 0 Å². The Balaban J connectivity index is 1.09. The maximum Gasteiger partial charge on any atom is 0.159 e. The zero-order chi connectivity index (χ0) is 40.1. The molecular formula is C57H36N2O2. The third kappa shape index (κ3) is 4.76. The van der Waals surface area contributed by atoms with Gasteiger partial charge in [0, 0.05) is 55.7 Å². The van der Waals surface area contributed by atoms with Crippen LogP contribution in [-0.2, 0) is 5.41 Å². The van der Waals surface area contributed by atoms with Crippen LogP contribution in [0.15, 0.2) is 227 Å². The number of anilines is 6. The summed E-state index contributed by atoms with van der Waals surface area (Å²) in [6, 6.07) is 78.2. The number of nitrogens with zero attached hydrogens (tertiary/aromatic N) is 2. The monoisotopic (exact) mass is 780 g/mol. The highest BCUT2D eigenvalue weighted by atomic mass is 16.3. The Bertz CT molecular complexity index is 3460. The molecule has 0 amide bonds. The molecule has 0 N–H and O–H groups in total. The Morgan fingerprint density at radius 1 is 0.328 bits per heavy atom. The first-order valence-electron chi connectivity index (χ1n) is 20.8. The highest BCUT2D eigenvalue weighted by Crippen LogP contribution is 2.66. The molecule has 0 bridgehead atoms. The summed E-state index contributed by atoms with van der Waals surface area (Å²) >= 11 is 0. The molecule has 1 atom stereocenters. The van der Waals surface area contributed by atoms with E-state index in [-0.39, 0.29) is 0 Å². The van der Waals surface area contributed by atoms with Crippen LogP contribution in [0.25, 0.3) is 55.4 Å². The van der Waals surface area contributed by atoms with Crippen LogP contribution < -0.4 is 9.80 Å². The summed E-state index contributed by atoms with van der Waals surface area (Å²) < 4.78 is 13.8. The molecule has 286 valence electrons. The summed E-state index contributed by atoms with van der Waals surface area (Å²) in [5.41, 5.74) is 16.7. The number of hydrogen-bond donors (Lipinski definition) is 0. The molecule has 0 fully saturated rings. The van der Waals surface area contributed by atoms with Crippen LogP contribution in [0, 0.1) is 0 Å².